The zero-order valence-corrected chi connectivity index (χ0v) is 13.4. The van der Waals surface area contributed by atoms with Crippen molar-refractivity contribution in [1.82, 2.24) is 4.31 Å². The van der Waals surface area contributed by atoms with Crippen molar-refractivity contribution in [1.29, 1.82) is 0 Å². The highest BCUT2D eigenvalue weighted by Crippen LogP contribution is 2.33. The first-order valence-electron chi connectivity index (χ1n) is 6.36. The van der Waals surface area contributed by atoms with Gasteiger partial charge in [0.25, 0.3) is 0 Å². The monoisotopic (exact) mass is 311 g/mol. The first-order valence-corrected chi connectivity index (χ1v) is 7.80. The Morgan fingerprint density at radius 2 is 1.57 bits per heavy atom. The van der Waals surface area contributed by atoms with E-state index >= 15 is 0 Å². The van der Waals surface area contributed by atoms with Crippen LogP contribution in [0.15, 0.2) is 42.3 Å². The molecular weight excluding hydrogens is 290 g/mol. The van der Waals surface area contributed by atoms with Crippen LogP contribution in [-0.4, -0.2) is 40.0 Å². The van der Waals surface area contributed by atoms with Crippen LogP contribution in [0.4, 0.5) is 0 Å². The summed E-state index contributed by atoms with van der Waals surface area (Å²) in [6, 6.07) is 3.12. The second kappa shape index (κ2) is 7.28. The standard InChI is InChI=1S/C15H21NO4S/c1-6-8-16(9-7-2)21(17,18)15-11-14(20-5)13(19-4)10-12(15)3/h6-7,10-11H,1-2,8-9H2,3-5H3. The predicted molar refractivity (Wildman–Crippen MR) is 83.4 cm³/mol. The van der Waals surface area contributed by atoms with Gasteiger partial charge in [-0.25, -0.2) is 8.42 Å². The number of sulfonamides is 1. The molecule has 0 aliphatic heterocycles. The molecule has 0 atom stereocenters. The van der Waals surface area contributed by atoms with Gasteiger partial charge >= 0.3 is 0 Å². The Labute approximate surface area is 126 Å². The molecule has 21 heavy (non-hydrogen) atoms. The topological polar surface area (TPSA) is 55.8 Å². The lowest BCUT2D eigenvalue weighted by molar-refractivity contribution is 0.353. The number of nitrogens with zero attached hydrogens (tertiary/aromatic N) is 1. The highest BCUT2D eigenvalue weighted by atomic mass is 32.2. The number of hydrogen-bond acceptors (Lipinski definition) is 4. The Bertz CT molecular complexity index is 613. The van der Waals surface area contributed by atoms with Gasteiger partial charge in [-0.2, -0.15) is 4.31 Å². The molecule has 6 heteroatoms. The van der Waals surface area contributed by atoms with Gasteiger partial charge in [-0.1, -0.05) is 12.2 Å². The van der Waals surface area contributed by atoms with Crippen molar-refractivity contribution >= 4 is 10.0 Å². The molecule has 0 saturated carbocycles. The molecule has 1 aromatic rings. The molecule has 0 N–H and O–H groups in total. The summed E-state index contributed by atoms with van der Waals surface area (Å²) in [7, 11) is -0.684. The van der Waals surface area contributed by atoms with Crippen LogP contribution >= 0.6 is 0 Å². The maximum Gasteiger partial charge on any atom is 0.244 e. The lowest BCUT2D eigenvalue weighted by atomic mass is 10.2. The lowest BCUT2D eigenvalue weighted by Crippen LogP contribution is -2.31. The van der Waals surface area contributed by atoms with Gasteiger partial charge in [0, 0.05) is 19.2 Å². The minimum atomic E-state index is -3.66. The van der Waals surface area contributed by atoms with Gasteiger partial charge in [-0.3, -0.25) is 0 Å². The van der Waals surface area contributed by atoms with Crippen LogP contribution in [0.2, 0.25) is 0 Å². The van der Waals surface area contributed by atoms with E-state index in [0.29, 0.717) is 17.1 Å². The summed E-state index contributed by atoms with van der Waals surface area (Å²) in [6.07, 6.45) is 3.08. The minimum Gasteiger partial charge on any atom is -0.493 e. The molecule has 0 heterocycles. The normalized spacial score (nSPS) is 11.2. The molecule has 1 rings (SSSR count). The van der Waals surface area contributed by atoms with E-state index in [1.54, 1.807) is 13.0 Å². The number of aryl methyl sites for hydroxylation is 1. The summed E-state index contributed by atoms with van der Waals surface area (Å²) < 4.78 is 37.1. The van der Waals surface area contributed by atoms with E-state index in [1.807, 2.05) is 0 Å². The molecule has 0 aliphatic carbocycles. The zero-order valence-electron chi connectivity index (χ0n) is 12.6. The Hall–Kier alpha value is -1.79. The Balaban J connectivity index is 3.42. The van der Waals surface area contributed by atoms with Gasteiger partial charge in [0.2, 0.25) is 10.0 Å². The van der Waals surface area contributed by atoms with Gasteiger partial charge in [-0.05, 0) is 18.6 Å². The first-order chi connectivity index (χ1) is 9.92. The number of rotatable bonds is 8. The van der Waals surface area contributed by atoms with Crippen LogP contribution < -0.4 is 9.47 Å². The van der Waals surface area contributed by atoms with Crippen molar-refractivity contribution in [3.05, 3.63) is 43.0 Å². The van der Waals surface area contributed by atoms with E-state index in [0.717, 1.165) is 0 Å². The quantitative estimate of drug-likeness (QED) is 0.692. The van der Waals surface area contributed by atoms with Gasteiger partial charge in [0.15, 0.2) is 11.5 Å². The molecule has 0 radical (unpaired) electrons. The molecule has 0 amide bonds. The number of hydrogen-bond donors (Lipinski definition) is 0. The molecule has 0 aliphatic rings. The van der Waals surface area contributed by atoms with Crippen LogP contribution in [0.5, 0.6) is 11.5 Å². The largest absolute Gasteiger partial charge is 0.493 e. The first kappa shape index (κ1) is 17.3. The third kappa shape index (κ3) is 3.65. The third-order valence-corrected chi connectivity index (χ3v) is 4.94. The minimum absolute atomic E-state index is 0.184. The summed E-state index contributed by atoms with van der Waals surface area (Å²) >= 11 is 0. The molecule has 0 aromatic heterocycles. The van der Waals surface area contributed by atoms with Crippen LogP contribution in [0.3, 0.4) is 0 Å². The Kier molecular flexibility index (Phi) is 5.99. The zero-order chi connectivity index (χ0) is 16.0. The predicted octanol–water partition coefficient (Wildman–Crippen LogP) is 2.37. The number of methoxy groups -OCH3 is 2. The van der Waals surface area contributed by atoms with Gasteiger partial charge in [0.05, 0.1) is 19.1 Å². The molecule has 0 unspecified atom stereocenters. The van der Waals surface area contributed by atoms with E-state index < -0.39 is 10.0 Å². The van der Waals surface area contributed by atoms with E-state index in [9.17, 15) is 8.42 Å². The van der Waals surface area contributed by atoms with Gasteiger partial charge < -0.3 is 9.47 Å². The average molecular weight is 311 g/mol. The molecule has 116 valence electrons. The summed E-state index contributed by atoms with van der Waals surface area (Å²) in [5.74, 6) is 0.867. The SMILES string of the molecule is C=CCN(CC=C)S(=O)(=O)c1cc(OC)c(OC)cc1C. The molecule has 5 nitrogen and oxygen atoms in total. The van der Waals surface area contributed by atoms with Crippen molar-refractivity contribution in [2.24, 2.45) is 0 Å². The maximum atomic E-state index is 12.7. The van der Waals surface area contributed by atoms with E-state index in [1.165, 1.54) is 36.7 Å². The number of ether oxygens (including phenoxy) is 2. The van der Waals surface area contributed by atoms with Crippen LogP contribution in [0.1, 0.15) is 5.56 Å². The fourth-order valence-electron chi connectivity index (χ4n) is 1.94. The molecule has 0 saturated heterocycles. The van der Waals surface area contributed by atoms with Crippen LogP contribution in [0, 0.1) is 6.92 Å². The summed E-state index contributed by atoms with van der Waals surface area (Å²) in [5.41, 5.74) is 0.589. The van der Waals surface area contributed by atoms with Crippen molar-refractivity contribution in [2.75, 3.05) is 27.3 Å². The summed E-state index contributed by atoms with van der Waals surface area (Å²) in [5, 5.41) is 0. The molecule has 1 aromatic carbocycles. The molecule has 0 bridgehead atoms. The Morgan fingerprint density at radius 3 is 2.00 bits per heavy atom. The fraction of sp³-hybridized carbons (Fsp3) is 0.333. The van der Waals surface area contributed by atoms with E-state index in [4.69, 9.17) is 9.47 Å². The van der Waals surface area contributed by atoms with Gasteiger partial charge in [-0.15, -0.1) is 13.2 Å². The van der Waals surface area contributed by atoms with Crippen molar-refractivity contribution in [2.45, 2.75) is 11.8 Å². The lowest BCUT2D eigenvalue weighted by Gasteiger charge is -2.21. The van der Waals surface area contributed by atoms with E-state index in [2.05, 4.69) is 13.2 Å². The van der Waals surface area contributed by atoms with Gasteiger partial charge in [0.1, 0.15) is 0 Å². The summed E-state index contributed by atoms with van der Waals surface area (Å²) in [6.45, 7) is 9.31. The third-order valence-electron chi connectivity index (χ3n) is 2.96. The van der Waals surface area contributed by atoms with Crippen LogP contribution in [0.25, 0.3) is 0 Å². The van der Waals surface area contributed by atoms with E-state index in [-0.39, 0.29) is 18.0 Å². The Morgan fingerprint density at radius 1 is 1.10 bits per heavy atom. The second-order valence-corrected chi connectivity index (χ2v) is 6.28. The highest BCUT2D eigenvalue weighted by molar-refractivity contribution is 7.89. The maximum absolute atomic E-state index is 12.7. The molecular formula is C15H21NO4S. The average Bonchev–Trinajstić information content (AvgIpc) is 2.46. The number of benzene rings is 1. The van der Waals surface area contributed by atoms with Crippen molar-refractivity contribution in [3.63, 3.8) is 0 Å². The second-order valence-electron chi connectivity index (χ2n) is 4.37. The van der Waals surface area contributed by atoms with Crippen molar-refractivity contribution in [3.8, 4) is 11.5 Å². The molecule has 0 spiro atoms. The molecule has 0 fully saturated rings. The fourth-order valence-corrected chi connectivity index (χ4v) is 3.54. The smallest absolute Gasteiger partial charge is 0.244 e. The van der Waals surface area contributed by atoms with Crippen molar-refractivity contribution < 1.29 is 17.9 Å². The summed E-state index contributed by atoms with van der Waals surface area (Å²) in [4.78, 5) is 0.184. The highest BCUT2D eigenvalue weighted by Gasteiger charge is 2.26. The van der Waals surface area contributed by atoms with Crippen LogP contribution in [-0.2, 0) is 10.0 Å².